The second-order valence-corrected chi connectivity index (χ2v) is 7.78. The van der Waals surface area contributed by atoms with Crippen molar-refractivity contribution in [2.24, 2.45) is 0 Å². The van der Waals surface area contributed by atoms with E-state index in [1.165, 1.54) is 36.3 Å². The van der Waals surface area contributed by atoms with Gasteiger partial charge in [0.1, 0.15) is 0 Å². The molecule has 2 unspecified atom stereocenters. The van der Waals surface area contributed by atoms with Crippen molar-refractivity contribution in [1.82, 2.24) is 14.8 Å². The molecule has 3 aliphatic heterocycles. The van der Waals surface area contributed by atoms with E-state index >= 15 is 0 Å². The number of halogens is 1. The third-order valence-electron chi connectivity index (χ3n) is 5.08. The van der Waals surface area contributed by atoms with E-state index in [1.54, 1.807) is 0 Å². The van der Waals surface area contributed by atoms with Crippen LogP contribution in [0.5, 0.6) is 0 Å². The molecular weight excluding hydrogens is 350 g/mol. The van der Waals surface area contributed by atoms with Gasteiger partial charge < -0.3 is 0 Å². The molecule has 0 radical (unpaired) electrons. The second kappa shape index (κ2) is 6.34. The zero-order chi connectivity index (χ0) is 15.8. The molecule has 23 heavy (non-hydrogen) atoms. The molecule has 2 atom stereocenters. The Hall–Kier alpha value is -1.23. The van der Waals surface area contributed by atoms with Gasteiger partial charge in [0.2, 0.25) is 0 Å². The number of piperidine rings is 1. The maximum atomic E-state index is 4.51. The minimum absolute atomic E-state index is 0.713. The fourth-order valence-electron chi connectivity index (χ4n) is 3.80. The molecule has 2 aromatic rings. The van der Waals surface area contributed by atoms with Crippen LogP contribution < -0.4 is 0 Å². The number of rotatable bonds is 4. The van der Waals surface area contributed by atoms with Gasteiger partial charge in [-0.3, -0.25) is 14.8 Å². The highest BCUT2D eigenvalue weighted by molar-refractivity contribution is 9.10. The lowest BCUT2D eigenvalue weighted by Gasteiger charge is -2.56. The first-order valence-corrected chi connectivity index (χ1v) is 9.11. The molecule has 0 saturated carbocycles. The molecule has 0 amide bonds. The van der Waals surface area contributed by atoms with E-state index in [0.29, 0.717) is 12.1 Å². The molecule has 4 heteroatoms. The van der Waals surface area contributed by atoms with Crippen LogP contribution in [0.2, 0.25) is 0 Å². The van der Waals surface area contributed by atoms with Gasteiger partial charge in [-0.05, 0) is 47.0 Å². The van der Waals surface area contributed by atoms with Crippen LogP contribution in [0.1, 0.15) is 23.2 Å². The second-order valence-electron chi connectivity index (χ2n) is 6.86. The van der Waals surface area contributed by atoms with Crippen LogP contribution in [0.3, 0.4) is 0 Å². The molecule has 5 rings (SSSR count). The Morgan fingerprint density at radius 3 is 2.43 bits per heavy atom. The zero-order valence-corrected chi connectivity index (χ0v) is 15.0. The summed E-state index contributed by atoms with van der Waals surface area (Å²) in [6, 6.07) is 14.6. The molecule has 3 saturated heterocycles. The largest absolute Gasteiger partial charge is 0.294 e. The summed E-state index contributed by atoms with van der Waals surface area (Å²) in [4.78, 5) is 9.74. The van der Waals surface area contributed by atoms with Gasteiger partial charge in [0.15, 0.2) is 0 Å². The first-order valence-electron chi connectivity index (χ1n) is 8.31. The van der Waals surface area contributed by atoms with Crippen molar-refractivity contribution in [1.29, 1.82) is 0 Å². The van der Waals surface area contributed by atoms with Gasteiger partial charge in [-0.15, -0.1) is 0 Å². The average Bonchev–Trinajstić information content (AvgIpc) is 2.56. The number of nitrogens with zero attached hydrogens (tertiary/aromatic N) is 3. The normalized spacial score (nSPS) is 24.4. The Balaban J connectivity index is 1.34. The minimum atomic E-state index is 0.713. The number of pyridine rings is 1. The summed E-state index contributed by atoms with van der Waals surface area (Å²) in [5.41, 5.74) is 3.94. The van der Waals surface area contributed by atoms with Crippen LogP contribution >= 0.6 is 15.9 Å². The van der Waals surface area contributed by atoms with E-state index in [0.717, 1.165) is 17.6 Å². The van der Waals surface area contributed by atoms with E-state index in [4.69, 9.17) is 0 Å². The Labute approximate surface area is 146 Å². The van der Waals surface area contributed by atoms with Crippen LogP contribution in [0.4, 0.5) is 0 Å². The highest BCUT2D eigenvalue weighted by Gasteiger charge is 2.44. The molecule has 0 N–H and O–H groups in total. The van der Waals surface area contributed by atoms with Crippen molar-refractivity contribution in [2.45, 2.75) is 38.5 Å². The van der Waals surface area contributed by atoms with E-state index < -0.39 is 0 Å². The van der Waals surface area contributed by atoms with E-state index in [1.807, 2.05) is 6.20 Å². The average molecular weight is 372 g/mol. The Morgan fingerprint density at radius 1 is 1.04 bits per heavy atom. The lowest BCUT2D eigenvalue weighted by Crippen LogP contribution is -2.67. The summed E-state index contributed by atoms with van der Waals surface area (Å²) in [6.07, 6.45) is 3.25. The lowest BCUT2D eigenvalue weighted by molar-refractivity contribution is -0.0777. The van der Waals surface area contributed by atoms with Gasteiger partial charge in [0.25, 0.3) is 0 Å². The maximum Gasteiger partial charge on any atom is 0.0544 e. The predicted octanol–water partition coefficient (Wildman–Crippen LogP) is 3.61. The Kier molecular flexibility index (Phi) is 4.22. The molecule has 4 heterocycles. The Morgan fingerprint density at radius 2 is 1.78 bits per heavy atom. The SMILES string of the molecule is Cc1ccc(CN2C3CC2CN(Cc2ccc(Br)cn2)C3)cc1. The van der Waals surface area contributed by atoms with Crippen molar-refractivity contribution in [3.8, 4) is 0 Å². The summed E-state index contributed by atoms with van der Waals surface area (Å²) in [5.74, 6) is 0. The zero-order valence-electron chi connectivity index (χ0n) is 13.5. The van der Waals surface area contributed by atoms with Crippen LogP contribution in [0.25, 0.3) is 0 Å². The number of hydrogen-bond donors (Lipinski definition) is 0. The maximum absolute atomic E-state index is 4.51. The molecule has 2 bridgehead atoms. The fraction of sp³-hybridized carbons (Fsp3) is 0.421. The third-order valence-corrected chi connectivity index (χ3v) is 5.55. The smallest absolute Gasteiger partial charge is 0.0544 e. The number of hydrogen-bond acceptors (Lipinski definition) is 3. The number of aryl methyl sites for hydroxylation is 1. The summed E-state index contributed by atoms with van der Waals surface area (Å²) in [7, 11) is 0. The van der Waals surface area contributed by atoms with Crippen molar-refractivity contribution in [2.75, 3.05) is 13.1 Å². The van der Waals surface area contributed by atoms with Gasteiger partial charge in [0.05, 0.1) is 5.69 Å². The van der Waals surface area contributed by atoms with Gasteiger partial charge in [-0.2, -0.15) is 0 Å². The first kappa shape index (κ1) is 15.3. The molecule has 3 fully saturated rings. The van der Waals surface area contributed by atoms with Crippen LogP contribution in [0, 0.1) is 6.92 Å². The summed E-state index contributed by atoms with van der Waals surface area (Å²) >= 11 is 3.45. The van der Waals surface area contributed by atoms with Crippen LogP contribution in [-0.4, -0.2) is 40.0 Å². The van der Waals surface area contributed by atoms with Gasteiger partial charge in [-0.1, -0.05) is 29.8 Å². The van der Waals surface area contributed by atoms with Crippen LogP contribution in [-0.2, 0) is 13.1 Å². The van der Waals surface area contributed by atoms with Crippen molar-refractivity contribution in [3.63, 3.8) is 0 Å². The fourth-order valence-corrected chi connectivity index (χ4v) is 4.03. The van der Waals surface area contributed by atoms with Crippen LogP contribution in [0.15, 0.2) is 47.1 Å². The molecular formula is C19H22BrN3. The molecule has 1 aromatic heterocycles. The molecule has 0 spiro atoms. The molecule has 120 valence electrons. The molecule has 3 nitrogen and oxygen atoms in total. The Bertz CT molecular complexity index is 656. The standard InChI is InChI=1S/C19H22BrN3/c1-14-2-4-15(5-3-14)10-23-18-8-19(23)13-22(12-18)11-17-7-6-16(20)9-21-17/h2-7,9,18-19H,8,10-13H2,1H3. The quantitative estimate of drug-likeness (QED) is 0.818. The lowest BCUT2D eigenvalue weighted by atomic mass is 9.86. The minimum Gasteiger partial charge on any atom is -0.294 e. The van der Waals surface area contributed by atoms with Gasteiger partial charge in [-0.25, -0.2) is 0 Å². The topological polar surface area (TPSA) is 19.4 Å². The number of fused-ring (bicyclic) bond motifs is 2. The number of aromatic nitrogens is 1. The molecule has 3 aliphatic rings. The van der Waals surface area contributed by atoms with E-state index in [9.17, 15) is 0 Å². The van der Waals surface area contributed by atoms with Crippen molar-refractivity contribution in [3.05, 3.63) is 63.9 Å². The molecule has 0 aliphatic carbocycles. The summed E-state index contributed by atoms with van der Waals surface area (Å²) in [5, 5.41) is 0. The van der Waals surface area contributed by atoms with E-state index in [-0.39, 0.29) is 0 Å². The number of benzene rings is 1. The highest BCUT2D eigenvalue weighted by atomic mass is 79.9. The van der Waals surface area contributed by atoms with Crippen molar-refractivity contribution >= 4 is 15.9 Å². The monoisotopic (exact) mass is 371 g/mol. The number of piperazine rings is 1. The third kappa shape index (κ3) is 3.35. The predicted molar refractivity (Wildman–Crippen MR) is 96.1 cm³/mol. The highest BCUT2D eigenvalue weighted by Crippen LogP contribution is 2.34. The van der Waals surface area contributed by atoms with E-state index in [2.05, 4.69) is 74.0 Å². The van der Waals surface area contributed by atoms with Gasteiger partial charge >= 0.3 is 0 Å². The first-order chi connectivity index (χ1) is 11.2. The van der Waals surface area contributed by atoms with Crippen molar-refractivity contribution < 1.29 is 0 Å². The van der Waals surface area contributed by atoms with Gasteiger partial charge in [0, 0.05) is 48.9 Å². The summed E-state index contributed by atoms with van der Waals surface area (Å²) in [6.45, 7) is 6.55. The molecule has 1 aromatic carbocycles. The summed E-state index contributed by atoms with van der Waals surface area (Å²) < 4.78 is 1.05.